The maximum absolute atomic E-state index is 12.4. The topological polar surface area (TPSA) is 148 Å². The average molecular weight is 443 g/mol. The summed E-state index contributed by atoms with van der Waals surface area (Å²) in [6.45, 7) is 8.10. The largest absolute Gasteiger partial charge is 0.456 e. The molecule has 6 N–H and O–H groups in total. The summed E-state index contributed by atoms with van der Waals surface area (Å²) in [7, 11) is 0. The lowest BCUT2D eigenvalue weighted by Crippen LogP contribution is -2.64. The lowest BCUT2D eigenvalue weighted by Gasteiger charge is -2.52. The van der Waals surface area contributed by atoms with Crippen LogP contribution in [0.15, 0.2) is 0 Å². The van der Waals surface area contributed by atoms with E-state index >= 15 is 0 Å². The quantitative estimate of drug-likeness (QED) is 0.330. The molecule has 0 aromatic heterocycles. The van der Waals surface area contributed by atoms with Crippen molar-refractivity contribution >= 4 is 5.97 Å². The molecular formula is C23H38O8. The smallest absolute Gasteiger partial charge is 0.305 e. The molecule has 4 aliphatic carbocycles. The summed E-state index contributed by atoms with van der Waals surface area (Å²) in [4.78, 5) is 12.4. The molecule has 1 spiro atoms. The highest BCUT2D eigenvalue weighted by Crippen LogP contribution is 2.70. The number of ether oxygens (including phenoxy) is 1. The van der Waals surface area contributed by atoms with Crippen LogP contribution in [0.25, 0.3) is 0 Å². The fraction of sp³-hybridized carbons (Fsp3) is 0.957. The third kappa shape index (κ3) is 2.60. The van der Waals surface area contributed by atoms with E-state index < -0.39 is 75.8 Å². The predicted molar refractivity (Wildman–Crippen MR) is 110 cm³/mol. The van der Waals surface area contributed by atoms with Gasteiger partial charge >= 0.3 is 5.97 Å². The van der Waals surface area contributed by atoms with Crippen molar-refractivity contribution in [3.05, 3.63) is 0 Å². The van der Waals surface area contributed by atoms with Crippen molar-refractivity contribution in [1.29, 1.82) is 0 Å². The Labute approximate surface area is 183 Å². The summed E-state index contributed by atoms with van der Waals surface area (Å²) >= 11 is 0. The highest BCUT2D eigenvalue weighted by Gasteiger charge is 2.80. The van der Waals surface area contributed by atoms with E-state index in [0.717, 1.165) is 0 Å². The lowest BCUT2D eigenvalue weighted by atomic mass is 9.56. The lowest BCUT2D eigenvalue weighted by molar-refractivity contribution is -0.235. The molecule has 2 bridgehead atoms. The molecule has 4 saturated carbocycles. The second kappa shape index (κ2) is 6.64. The highest BCUT2D eigenvalue weighted by atomic mass is 16.6. The van der Waals surface area contributed by atoms with Crippen LogP contribution in [0.2, 0.25) is 0 Å². The first-order chi connectivity index (χ1) is 14.1. The van der Waals surface area contributed by atoms with Crippen molar-refractivity contribution in [3.8, 4) is 0 Å². The zero-order chi connectivity index (χ0) is 23.4. The van der Waals surface area contributed by atoms with Gasteiger partial charge in [-0.2, -0.15) is 0 Å². The van der Waals surface area contributed by atoms with Gasteiger partial charge in [0, 0.05) is 29.1 Å². The molecule has 0 radical (unpaired) electrons. The number of esters is 1. The Morgan fingerprint density at radius 3 is 2.16 bits per heavy atom. The van der Waals surface area contributed by atoms with Crippen LogP contribution in [-0.2, 0) is 9.53 Å². The summed E-state index contributed by atoms with van der Waals surface area (Å²) in [6.07, 6.45) is -4.16. The number of carbonyl (C=O) groups excluding carboxylic acids is 1. The minimum atomic E-state index is -1.95. The first-order valence-corrected chi connectivity index (χ1v) is 11.5. The number of aliphatic hydroxyl groups is 6. The minimum absolute atomic E-state index is 0.0137. The van der Waals surface area contributed by atoms with E-state index in [-0.39, 0.29) is 19.3 Å². The maximum atomic E-state index is 12.4. The molecule has 0 aromatic rings. The van der Waals surface area contributed by atoms with Gasteiger partial charge < -0.3 is 35.4 Å². The van der Waals surface area contributed by atoms with E-state index in [1.165, 1.54) is 0 Å². The zero-order valence-corrected chi connectivity index (χ0v) is 19.1. The molecule has 0 saturated heterocycles. The van der Waals surface area contributed by atoms with Gasteiger partial charge in [0.2, 0.25) is 0 Å². The zero-order valence-electron chi connectivity index (χ0n) is 19.1. The van der Waals surface area contributed by atoms with Gasteiger partial charge in [0.1, 0.15) is 11.7 Å². The Morgan fingerprint density at radius 1 is 0.968 bits per heavy atom. The normalized spacial score (nSPS) is 57.7. The van der Waals surface area contributed by atoms with Crippen molar-refractivity contribution in [1.82, 2.24) is 0 Å². The van der Waals surface area contributed by atoms with E-state index in [0.29, 0.717) is 12.8 Å². The first kappa shape index (κ1) is 23.4. The van der Waals surface area contributed by atoms with E-state index in [4.69, 9.17) is 4.74 Å². The second-order valence-electron chi connectivity index (χ2n) is 11.6. The van der Waals surface area contributed by atoms with Crippen LogP contribution < -0.4 is 0 Å². The first-order valence-electron chi connectivity index (χ1n) is 11.5. The summed E-state index contributed by atoms with van der Waals surface area (Å²) in [5.41, 5.74) is -7.39. The van der Waals surface area contributed by atoms with Crippen molar-refractivity contribution in [2.75, 3.05) is 0 Å². The summed E-state index contributed by atoms with van der Waals surface area (Å²) in [5, 5.41) is 69.3. The van der Waals surface area contributed by atoms with Crippen LogP contribution in [0.4, 0.5) is 0 Å². The Hall–Kier alpha value is -0.770. The van der Waals surface area contributed by atoms with Crippen molar-refractivity contribution < 1.29 is 40.2 Å². The van der Waals surface area contributed by atoms with Crippen molar-refractivity contribution in [2.24, 2.45) is 28.6 Å². The molecule has 0 heterocycles. The SMILES string of the molecule is CCC(=O)OC1C(O)C23CC(C)(O)C(CCC2C(C)(O)C2CC(O)C(C)(C)C12O)C3O. The molecule has 11 atom stereocenters. The van der Waals surface area contributed by atoms with Crippen LogP contribution in [0, 0.1) is 28.6 Å². The molecule has 0 amide bonds. The molecule has 0 aromatic carbocycles. The van der Waals surface area contributed by atoms with Gasteiger partial charge in [-0.3, -0.25) is 4.79 Å². The van der Waals surface area contributed by atoms with Crippen molar-refractivity contribution in [3.63, 3.8) is 0 Å². The molecule has 31 heavy (non-hydrogen) atoms. The standard InChI is InChI=1S/C23H38O8/c1-6-15(25)31-18-17(27)22-10-20(4,28)11(16(22)26)7-8-12(22)21(5,29)13-9-14(24)19(2,3)23(13,18)30/h11-14,16-18,24,26-30H,6-10H2,1-5H3. The second-order valence-corrected chi connectivity index (χ2v) is 11.6. The van der Waals surface area contributed by atoms with Crippen LogP contribution in [0.3, 0.4) is 0 Å². The third-order valence-corrected chi connectivity index (χ3v) is 9.89. The fourth-order valence-electron chi connectivity index (χ4n) is 8.11. The fourth-order valence-corrected chi connectivity index (χ4v) is 8.11. The Kier molecular flexibility index (Phi) is 5.01. The monoisotopic (exact) mass is 442 g/mol. The van der Waals surface area contributed by atoms with Gasteiger partial charge in [0.25, 0.3) is 0 Å². The van der Waals surface area contributed by atoms with E-state index in [2.05, 4.69) is 0 Å². The number of aliphatic hydroxyl groups excluding tert-OH is 3. The minimum Gasteiger partial charge on any atom is -0.456 e. The summed E-state index contributed by atoms with van der Waals surface area (Å²) in [6, 6.07) is 0. The molecule has 178 valence electrons. The number of hydrogen-bond acceptors (Lipinski definition) is 8. The molecule has 8 nitrogen and oxygen atoms in total. The predicted octanol–water partition coefficient (Wildman–Crippen LogP) is 0.1000. The van der Waals surface area contributed by atoms with Gasteiger partial charge in [-0.05, 0) is 45.4 Å². The molecule has 8 heteroatoms. The maximum Gasteiger partial charge on any atom is 0.305 e. The Morgan fingerprint density at radius 2 is 1.58 bits per heavy atom. The van der Waals surface area contributed by atoms with E-state index in [1.807, 2.05) is 0 Å². The summed E-state index contributed by atoms with van der Waals surface area (Å²) < 4.78 is 5.68. The van der Waals surface area contributed by atoms with Crippen LogP contribution in [-0.4, -0.2) is 77.8 Å². The average Bonchev–Trinajstić information content (AvgIpc) is 2.90. The Bertz CT molecular complexity index is 763. The van der Waals surface area contributed by atoms with Crippen LogP contribution in [0.1, 0.15) is 66.7 Å². The molecule has 4 fully saturated rings. The van der Waals surface area contributed by atoms with E-state index in [1.54, 1.807) is 34.6 Å². The number of rotatable bonds is 2. The number of hydrogen-bond donors (Lipinski definition) is 6. The highest BCUT2D eigenvalue weighted by molar-refractivity contribution is 5.69. The van der Waals surface area contributed by atoms with Crippen molar-refractivity contribution in [2.45, 2.75) is 108 Å². The summed E-state index contributed by atoms with van der Waals surface area (Å²) in [5.74, 6) is -2.71. The molecule has 4 rings (SSSR count). The molecule has 0 aliphatic heterocycles. The molecular weight excluding hydrogens is 404 g/mol. The number of fused-ring (bicyclic) bond motifs is 2. The molecule has 4 aliphatic rings. The molecule has 11 unspecified atom stereocenters. The van der Waals surface area contributed by atoms with Gasteiger partial charge in [-0.25, -0.2) is 0 Å². The third-order valence-electron chi connectivity index (χ3n) is 9.89. The van der Waals surface area contributed by atoms with Crippen LogP contribution in [0.5, 0.6) is 0 Å². The van der Waals surface area contributed by atoms with Gasteiger partial charge in [0.15, 0.2) is 6.10 Å². The van der Waals surface area contributed by atoms with Gasteiger partial charge in [0.05, 0.1) is 23.4 Å². The number of carbonyl (C=O) groups is 1. The Balaban J connectivity index is 1.98. The van der Waals surface area contributed by atoms with Gasteiger partial charge in [-0.15, -0.1) is 0 Å². The van der Waals surface area contributed by atoms with Gasteiger partial charge in [-0.1, -0.05) is 20.8 Å². The van der Waals surface area contributed by atoms with Crippen LogP contribution >= 0.6 is 0 Å². The van der Waals surface area contributed by atoms with E-state index in [9.17, 15) is 35.4 Å².